The number of amides is 1. The molecule has 3 N–H and O–H groups in total. The number of nitrogens with zero attached hydrogens (tertiary/aromatic N) is 1. The largest absolute Gasteiger partial charge is 0.326 e. The van der Waals surface area contributed by atoms with Gasteiger partial charge in [-0.2, -0.15) is 0 Å². The maximum Gasteiger partial charge on any atom is 0.238 e. The molecule has 0 saturated heterocycles. The average Bonchev–Trinajstić information content (AvgIpc) is 2.46. The second kappa shape index (κ2) is 9.53. The Hall–Kier alpha value is -1.39. The Bertz CT molecular complexity index is 432. The third-order valence-corrected chi connectivity index (χ3v) is 3.64. The highest BCUT2D eigenvalue weighted by atomic mass is 16.2. The van der Waals surface area contributed by atoms with Crippen LogP contribution in [0.15, 0.2) is 24.3 Å². The van der Waals surface area contributed by atoms with E-state index in [1.807, 2.05) is 24.3 Å². The van der Waals surface area contributed by atoms with Crippen molar-refractivity contribution in [1.82, 2.24) is 4.90 Å². The van der Waals surface area contributed by atoms with Gasteiger partial charge in [-0.25, -0.2) is 0 Å². The standard InChI is InChI=1S/C17H29N3O/c1-4-5-8-11-20(14(2)3)13-17(21)19-16-10-7-6-9-15(16)12-18/h6-7,9-10,14H,4-5,8,11-13,18H2,1-3H3,(H,19,21). The minimum absolute atomic E-state index is 0.0288. The first kappa shape index (κ1) is 17.7. The summed E-state index contributed by atoms with van der Waals surface area (Å²) in [5.41, 5.74) is 7.48. The Morgan fingerprint density at radius 1 is 1.29 bits per heavy atom. The Labute approximate surface area is 128 Å². The van der Waals surface area contributed by atoms with Gasteiger partial charge >= 0.3 is 0 Å². The van der Waals surface area contributed by atoms with E-state index in [2.05, 4.69) is 31.0 Å². The first-order chi connectivity index (χ1) is 10.1. The molecule has 1 amide bonds. The van der Waals surface area contributed by atoms with Gasteiger partial charge in [-0.15, -0.1) is 0 Å². The minimum atomic E-state index is 0.0288. The van der Waals surface area contributed by atoms with E-state index in [4.69, 9.17) is 5.73 Å². The van der Waals surface area contributed by atoms with Crippen LogP contribution in [0.4, 0.5) is 5.69 Å². The molecule has 0 bridgehead atoms. The molecule has 0 heterocycles. The van der Waals surface area contributed by atoms with Crippen LogP contribution >= 0.6 is 0 Å². The fourth-order valence-corrected chi connectivity index (χ4v) is 2.28. The van der Waals surface area contributed by atoms with E-state index >= 15 is 0 Å². The number of hydrogen-bond acceptors (Lipinski definition) is 3. The number of benzene rings is 1. The number of nitrogens with two attached hydrogens (primary N) is 1. The quantitative estimate of drug-likeness (QED) is 0.688. The fraction of sp³-hybridized carbons (Fsp3) is 0.588. The topological polar surface area (TPSA) is 58.4 Å². The molecule has 1 aromatic carbocycles. The summed E-state index contributed by atoms with van der Waals surface area (Å²) in [7, 11) is 0. The van der Waals surface area contributed by atoms with Crippen LogP contribution in [-0.2, 0) is 11.3 Å². The number of para-hydroxylation sites is 1. The van der Waals surface area contributed by atoms with Crippen molar-refractivity contribution in [1.29, 1.82) is 0 Å². The first-order valence-electron chi connectivity index (χ1n) is 7.90. The summed E-state index contributed by atoms with van der Waals surface area (Å²) in [6.07, 6.45) is 3.55. The molecule has 1 aromatic rings. The van der Waals surface area contributed by atoms with Crippen LogP contribution in [0.2, 0.25) is 0 Å². The van der Waals surface area contributed by atoms with Crippen LogP contribution in [0.25, 0.3) is 0 Å². The number of anilines is 1. The molecular weight excluding hydrogens is 262 g/mol. The predicted octanol–water partition coefficient (Wildman–Crippen LogP) is 2.98. The molecule has 0 aliphatic rings. The first-order valence-corrected chi connectivity index (χ1v) is 7.90. The molecule has 0 radical (unpaired) electrons. The van der Waals surface area contributed by atoms with Gasteiger partial charge < -0.3 is 11.1 Å². The van der Waals surface area contributed by atoms with E-state index in [1.165, 1.54) is 12.8 Å². The summed E-state index contributed by atoms with van der Waals surface area (Å²) in [5, 5.41) is 2.98. The summed E-state index contributed by atoms with van der Waals surface area (Å²) in [6, 6.07) is 8.06. The lowest BCUT2D eigenvalue weighted by molar-refractivity contribution is -0.117. The van der Waals surface area contributed by atoms with Crippen molar-refractivity contribution in [2.45, 2.75) is 52.6 Å². The normalized spacial score (nSPS) is 11.1. The molecule has 0 atom stereocenters. The molecule has 4 nitrogen and oxygen atoms in total. The highest BCUT2D eigenvalue weighted by Crippen LogP contribution is 2.14. The SMILES string of the molecule is CCCCCN(CC(=O)Nc1ccccc1CN)C(C)C. The molecule has 118 valence electrons. The summed E-state index contributed by atoms with van der Waals surface area (Å²) in [4.78, 5) is 14.5. The monoisotopic (exact) mass is 291 g/mol. The van der Waals surface area contributed by atoms with Gasteiger partial charge in [0, 0.05) is 18.3 Å². The van der Waals surface area contributed by atoms with Crippen LogP contribution < -0.4 is 11.1 Å². The molecular formula is C17H29N3O. The third kappa shape index (κ3) is 6.27. The predicted molar refractivity (Wildman–Crippen MR) is 89.2 cm³/mol. The summed E-state index contributed by atoms with van der Waals surface area (Å²) < 4.78 is 0. The molecule has 4 heteroatoms. The molecule has 0 fully saturated rings. The average molecular weight is 291 g/mol. The number of carbonyl (C=O) groups excluding carboxylic acids is 1. The molecule has 0 aliphatic carbocycles. The molecule has 0 aliphatic heterocycles. The van der Waals surface area contributed by atoms with Gasteiger partial charge in [-0.05, 0) is 38.4 Å². The van der Waals surface area contributed by atoms with Crippen molar-refractivity contribution < 1.29 is 4.79 Å². The number of carbonyl (C=O) groups is 1. The molecule has 0 aromatic heterocycles. The fourth-order valence-electron chi connectivity index (χ4n) is 2.28. The van der Waals surface area contributed by atoms with Crippen LogP contribution in [0.1, 0.15) is 45.6 Å². The zero-order valence-electron chi connectivity index (χ0n) is 13.6. The van der Waals surface area contributed by atoms with Crippen LogP contribution in [0.3, 0.4) is 0 Å². The Morgan fingerprint density at radius 3 is 2.62 bits per heavy atom. The Balaban J connectivity index is 2.57. The molecule has 0 saturated carbocycles. The van der Waals surface area contributed by atoms with Gasteiger partial charge in [-0.3, -0.25) is 9.69 Å². The second-order valence-electron chi connectivity index (χ2n) is 5.68. The van der Waals surface area contributed by atoms with E-state index in [0.29, 0.717) is 19.1 Å². The second-order valence-corrected chi connectivity index (χ2v) is 5.68. The lowest BCUT2D eigenvalue weighted by Gasteiger charge is -2.26. The van der Waals surface area contributed by atoms with E-state index in [1.54, 1.807) is 0 Å². The van der Waals surface area contributed by atoms with Gasteiger partial charge in [0.2, 0.25) is 5.91 Å². The van der Waals surface area contributed by atoms with Crippen molar-refractivity contribution in [2.24, 2.45) is 5.73 Å². The van der Waals surface area contributed by atoms with E-state index < -0.39 is 0 Å². The number of hydrogen-bond donors (Lipinski definition) is 2. The van der Waals surface area contributed by atoms with Crippen molar-refractivity contribution in [3.8, 4) is 0 Å². The van der Waals surface area contributed by atoms with Crippen LogP contribution in [0, 0.1) is 0 Å². The van der Waals surface area contributed by atoms with Gasteiger partial charge in [0.05, 0.1) is 6.54 Å². The Kier molecular flexibility index (Phi) is 8.01. The number of unbranched alkanes of at least 4 members (excludes halogenated alkanes) is 2. The van der Waals surface area contributed by atoms with Gasteiger partial charge in [-0.1, -0.05) is 38.0 Å². The molecule has 1 rings (SSSR count). The molecule has 21 heavy (non-hydrogen) atoms. The smallest absolute Gasteiger partial charge is 0.238 e. The Morgan fingerprint density at radius 2 is 2.00 bits per heavy atom. The minimum Gasteiger partial charge on any atom is -0.326 e. The zero-order chi connectivity index (χ0) is 15.7. The van der Waals surface area contributed by atoms with Crippen LogP contribution in [0.5, 0.6) is 0 Å². The molecule has 0 spiro atoms. The third-order valence-electron chi connectivity index (χ3n) is 3.64. The summed E-state index contributed by atoms with van der Waals surface area (Å²) in [6.45, 7) is 8.29. The lowest BCUT2D eigenvalue weighted by Crippen LogP contribution is -2.38. The maximum atomic E-state index is 12.2. The van der Waals surface area contributed by atoms with E-state index in [9.17, 15) is 4.79 Å². The van der Waals surface area contributed by atoms with E-state index in [0.717, 1.165) is 24.2 Å². The van der Waals surface area contributed by atoms with E-state index in [-0.39, 0.29) is 5.91 Å². The van der Waals surface area contributed by atoms with Crippen LogP contribution in [-0.4, -0.2) is 29.9 Å². The van der Waals surface area contributed by atoms with Gasteiger partial charge in [0.1, 0.15) is 0 Å². The highest BCUT2D eigenvalue weighted by Gasteiger charge is 2.14. The maximum absolute atomic E-state index is 12.2. The highest BCUT2D eigenvalue weighted by molar-refractivity contribution is 5.93. The van der Waals surface area contributed by atoms with Crippen molar-refractivity contribution in [3.63, 3.8) is 0 Å². The number of rotatable bonds is 9. The van der Waals surface area contributed by atoms with Crippen molar-refractivity contribution >= 4 is 11.6 Å². The van der Waals surface area contributed by atoms with Crippen molar-refractivity contribution in [2.75, 3.05) is 18.4 Å². The number of nitrogens with one attached hydrogen (secondary N) is 1. The van der Waals surface area contributed by atoms with Crippen molar-refractivity contribution in [3.05, 3.63) is 29.8 Å². The zero-order valence-corrected chi connectivity index (χ0v) is 13.6. The summed E-state index contributed by atoms with van der Waals surface area (Å²) >= 11 is 0. The molecule has 0 unspecified atom stereocenters. The van der Waals surface area contributed by atoms with Gasteiger partial charge in [0.15, 0.2) is 0 Å². The summed E-state index contributed by atoms with van der Waals surface area (Å²) in [5.74, 6) is 0.0288. The lowest BCUT2D eigenvalue weighted by atomic mass is 10.1. The van der Waals surface area contributed by atoms with Gasteiger partial charge in [0.25, 0.3) is 0 Å².